The number of hydrogen-bond acceptors (Lipinski definition) is 13. The van der Waals surface area contributed by atoms with E-state index in [1.807, 2.05) is 106 Å². The zero-order valence-corrected chi connectivity index (χ0v) is 40.0. The zero-order chi connectivity index (χ0) is 49.3. The second-order valence-corrected chi connectivity index (χ2v) is 18.3. The van der Waals surface area contributed by atoms with E-state index in [0.29, 0.717) is 30.2 Å². The van der Waals surface area contributed by atoms with E-state index in [9.17, 15) is 29.6 Å². The first-order valence-electron chi connectivity index (χ1n) is 23.1. The van der Waals surface area contributed by atoms with Crippen molar-refractivity contribution in [3.05, 3.63) is 165 Å². The Morgan fingerprint density at radius 3 is 2.40 bits per heavy atom. The third-order valence-electron chi connectivity index (χ3n) is 12.2. The summed E-state index contributed by atoms with van der Waals surface area (Å²) in [5, 5.41) is 28.7. The van der Waals surface area contributed by atoms with Gasteiger partial charge in [0.05, 0.1) is 58.6 Å². The molecule has 2 N–H and O–H groups in total. The molecule has 6 aromatic rings. The molecule has 0 bridgehead atoms. The number of nitrogens with one attached hydrogen (secondary N) is 1. The molecule has 70 heavy (non-hydrogen) atoms. The van der Waals surface area contributed by atoms with E-state index < -0.39 is 23.0 Å². The fraction of sp³-hybridized carbons (Fsp3) is 0.302. The number of aliphatic hydroxyl groups excluding tert-OH is 1. The Balaban J connectivity index is 0.768. The van der Waals surface area contributed by atoms with Gasteiger partial charge in [-0.2, -0.15) is 0 Å². The number of aliphatic hydroxyl groups is 1. The number of nitro groups is 1. The summed E-state index contributed by atoms with van der Waals surface area (Å²) in [5.41, 5.74) is 8.65. The number of benzene rings is 4. The Labute approximate surface area is 409 Å². The lowest BCUT2D eigenvalue weighted by Gasteiger charge is -2.29. The van der Waals surface area contributed by atoms with Crippen molar-refractivity contribution in [1.29, 1.82) is 0 Å². The SMILES string of the molecule is Cc1ncsc1-c1ccc([C@H](C)NC(=O)[C@@H]2C[C@@H](O)CN2C(=O)C(c2cc(OCCOCCOc3ccc(CN4C(=O)C(=C/C=C/c5ccc([N+](=O)[O-])cc5)c5ccccc54)cc3)no2)C(C)C)cc1. The number of rotatable bonds is 20. The van der Waals surface area contributed by atoms with Crippen LogP contribution in [0.4, 0.5) is 11.4 Å². The van der Waals surface area contributed by atoms with Gasteiger partial charge in [-0.3, -0.25) is 24.5 Å². The first-order chi connectivity index (χ1) is 33.8. The Kier molecular flexibility index (Phi) is 15.6. The van der Waals surface area contributed by atoms with Crippen LogP contribution in [0.5, 0.6) is 11.6 Å². The normalized spacial score (nSPS) is 17.1. The summed E-state index contributed by atoms with van der Waals surface area (Å²) in [6.45, 7) is 9.00. The fourth-order valence-corrected chi connectivity index (χ4v) is 9.40. The molecule has 2 aromatic heterocycles. The van der Waals surface area contributed by atoms with E-state index in [4.69, 9.17) is 18.7 Å². The smallest absolute Gasteiger partial charge is 0.269 e. The molecular weight excluding hydrogens is 913 g/mol. The molecule has 4 aromatic carbocycles. The number of para-hydroxylation sites is 1. The largest absolute Gasteiger partial charge is 0.491 e. The van der Waals surface area contributed by atoms with Gasteiger partial charge in [0, 0.05) is 42.3 Å². The summed E-state index contributed by atoms with van der Waals surface area (Å²) in [4.78, 5) is 60.6. The zero-order valence-electron chi connectivity index (χ0n) is 39.2. The second kappa shape index (κ2) is 22.3. The monoisotopic (exact) mass is 966 g/mol. The maximum atomic E-state index is 14.1. The molecular formula is C53H54N6O10S. The van der Waals surface area contributed by atoms with E-state index in [1.54, 1.807) is 52.7 Å². The van der Waals surface area contributed by atoms with Crippen molar-refractivity contribution >= 4 is 52.1 Å². The van der Waals surface area contributed by atoms with Crippen LogP contribution in [0.3, 0.4) is 0 Å². The summed E-state index contributed by atoms with van der Waals surface area (Å²) in [6.07, 6.45) is 4.61. The number of carbonyl (C=O) groups is 3. The van der Waals surface area contributed by atoms with E-state index >= 15 is 0 Å². The highest BCUT2D eigenvalue weighted by atomic mass is 32.1. The van der Waals surface area contributed by atoms with Crippen LogP contribution in [0.2, 0.25) is 0 Å². The maximum Gasteiger partial charge on any atom is 0.269 e. The minimum atomic E-state index is -0.859. The van der Waals surface area contributed by atoms with Crippen LogP contribution < -0.4 is 19.7 Å². The molecule has 2 aliphatic heterocycles. The minimum Gasteiger partial charge on any atom is -0.491 e. The Morgan fingerprint density at radius 1 is 0.971 bits per heavy atom. The molecule has 17 heteroatoms. The number of aromatic nitrogens is 2. The van der Waals surface area contributed by atoms with Gasteiger partial charge in [0.25, 0.3) is 17.5 Å². The van der Waals surface area contributed by atoms with E-state index in [-0.39, 0.29) is 74.0 Å². The summed E-state index contributed by atoms with van der Waals surface area (Å²) in [5.74, 6) is -0.663. The number of carbonyl (C=O) groups excluding carboxylic acids is 3. The van der Waals surface area contributed by atoms with Crippen molar-refractivity contribution in [2.75, 3.05) is 37.9 Å². The van der Waals surface area contributed by atoms with Crippen LogP contribution in [-0.4, -0.2) is 87.9 Å². The molecule has 1 saturated heterocycles. The minimum absolute atomic E-state index is 0.0148. The number of β-amino-alcohol motifs (C(OH)–C–C–N with tert-alkyl or cyclic N) is 1. The lowest BCUT2D eigenvalue weighted by molar-refractivity contribution is -0.384. The predicted molar refractivity (Wildman–Crippen MR) is 265 cm³/mol. The third-order valence-corrected chi connectivity index (χ3v) is 13.2. The number of nitrogens with zero attached hydrogens (tertiary/aromatic N) is 5. The van der Waals surface area contributed by atoms with Gasteiger partial charge in [0.1, 0.15) is 30.9 Å². The van der Waals surface area contributed by atoms with Gasteiger partial charge < -0.3 is 39.0 Å². The number of anilines is 1. The van der Waals surface area contributed by atoms with Crippen LogP contribution in [-0.2, 0) is 25.7 Å². The maximum absolute atomic E-state index is 14.1. The van der Waals surface area contributed by atoms with Gasteiger partial charge in [0.2, 0.25) is 11.8 Å². The number of non-ortho nitro benzene ring substituents is 1. The van der Waals surface area contributed by atoms with Gasteiger partial charge in [-0.25, -0.2) is 4.98 Å². The van der Waals surface area contributed by atoms with Crippen LogP contribution in [0, 0.1) is 23.0 Å². The van der Waals surface area contributed by atoms with Crippen molar-refractivity contribution in [3.63, 3.8) is 0 Å². The number of thiazole rings is 1. The third kappa shape index (κ3) is 11.5. The Morgan fingerprint density at radius 2 is 1.70 bits per heavy atom. The summed E-state index contributed by atoms with van der Waals surface area (Å²) in [7, 11) is 0. The first-order valence-corrected chi connectivity index (χ1v) is 23.9. The van der Waals surface area contributed by atoms with Gasteiger partial charge in [-0.1, -0.05) is 80.6 Å². The molecule has 2 aliphatic rings. The molecule has 362 valence electrons. The average molecular weight is 967 g/mol. The number of aryl methyl sites for hydroxylation is 1. The van der Waals surface area contributed by atoms with E-state index in [2.05, 4.69) is 15.5 Å². The summed E-state index contributed by atoms with van der Waals surface area (Å²) >= 11 is 1.58. The molecule has 4 atom stereocenters. The molecule has 0 aliphatic carbocycles. The summed E-state index contributed by atoms with van der Waals surface area (Å²) in [6, 6.07) is 29.7. The van der Waals surface area contributed by atoms with Crippen molar-refractivity contribution < 1.29 is 43.1 Å². The highest BCUT2D eigenvalue weighted by Crippen LogP contribution is 2.38. The molecule has 3 amide bonds. The second-order valence-electron chi connectivity index (χ2n) is 17.5. The van der Waals surface area contributed by atoms with Crippen molar-refractivity contribution in [3.8, 4) is 22.1 Å². The number of likely N-dealkylation sites (tertiary alicyclic amines) is 1. The lowest BCUT2D eigenvalue weighted by atomic mass is 9.91. The lowest BCUT2D eigenvalue weighted by Crippen LogP contribution is -2.48. The molecule has 4 heterocycles. The molecule has 8 rings (SSSR count). The first kappa shape index (κ1) is 49.0. The summed E-state index contributed by atoms with van der Waals surface area (Å²) < 4.78 is 23.0. The van der Waals surface area contributed by atoms with Gasteiger partial charge in [0.15, 0.2) is 5.76 Å². The van der Waals surface area contributed by atoms with Crippen LogP contribution in [0.15, 0.2) is 125 Å². The Bertz CT molecular complexity index is 2860. The van der Waals surface area contributed by atoms with Crippen molar-refractivity contribution in [1.82, 2.24) is 20.4 Å². The fourth-order valence-electron chi connectivity index (χ4n) is 8.59. The number of nitro benzene ring substituents is 1. The topological polar surface area (TPSA) is 200 Å². The average Bonchev–Trinajstić information content (AvgIpc) is 4.16. The molecule has 1 fully saturated rings. The number of ether oxygens (including phenoxy) is 3. The molecule has 16 nitrogen and oxygen atoms in total. The van der Waals surface area contributed by atoms with Crippen LogP contribution in [0.1, 0.15) is 72.9 Å². The predicted octanol–water partition coefficient (Wildman–Crippen LogP) is 8.71. The van der Waals surface area contributed by atoms with Gasteiger partial charge in [-0.05, 0) is 83.6 Å². The van der Waals surface area contributed by atoms with E-state index in [0.717, 1.165) is 44.1 Å². The number of amides is 3. The van der Waals surface area contributed by atoms with Crippen molar-refractivity contribution in [2.24, 2.45) is 5.92 Å². The highest BCUT2D eigenvalue weighted by Gasteiger charge is 2.43. The van der Waals surface area contributed by atoms with Gasteiger partial charge in [-0.15, -0.1) is 11.3 Å². The Hall–Kier alpha value is -7.47. The number of hydrogen-bond donors (Lipinski definition) is 2. The number of fused-ring (bicyclic) bond motifs is 1. The molecule has 0 saturated carbocycles. The highest BCUT2D eigenvalue weighted by molar-refractivity contribution is 7.13. The van der Waals surface area contributed by atoms with Crippen LogP contribution >= 0.6 is 11.3 Å². The van der Waals surface area contributed by atoms with Gasteiger partial charge >= 0.3 is 0 Å². The molecule has 0 spiro atoms. The molecule has 0 radical (unpaired) electrons. The standard InChI is InChI=1S/C53H54N6O10S/c1-33(2)49(53(63)58-31-41(60)28-46(58)51(61)55-34(3)38-16-18-39(19-17-38)50-35(4)54-32-70-50)47-29-48(56-69-47)68-27-25-66-24-26-67-42-22-14-37(15-23-42)30-57-45-11-6-5-9-43(45)44(52(57)62)10-7-8-36-12-20-40(21-13-36)59(64)65/h5-23,29,32-34,41,46,49,60H,24-28,30-31H2,1-4H3,(H,55,61)/b8-7+,44-10?/t34-,41+,46-,49?/m0/s1. The molecule has 1 unspecified atom stereocenters. The van der Waals surface area contributed by atoms with Crippen LogP contribution in [0.25, 0.3) is 22.1 Å². The van der Waals surface area contributed by atoms with E-state index in [1.165, 1.54) is 17.0 Å². The number of allylic oxidation sites excluding steroid dienone is 2. The van der Waals surface area contributed by atoms with Crippen molar-refractivity contribution in [2.45, 2.75) is 64.8 Å². The quantitative estimate of drug-likeness (QED) is 0.0320.